The summed E-state index contributed by atoms with van der Waals surface area (Å²) in [6.07, 6.45) is 4.51. The van der Waals surface area contributed by atoms with Crippen molar-refractivity contribution >= 4 is 17.7 Å². The molecule has 2 aromatic rings. The fraction of sp³-hybridized carbons (Fsp3) is 0.429. The summed E-state index contributed by atoms with van der Waals surface area (Å²) in [5.41, 5.74) is 2.79. The van der Waals surface area contributed by atoms with E-state index in [1.54, 1.807) is 33.4 Å². The fourth-order valence-corrected chi connectivity index (χ4v) is 4.53. The van der Waals surface area contributed by atoms with Crippen LogP contribution in [-0.2, 0) is 4.79 Å². The van der Waals surface area contributed by atoms with Crippen molar-refractivity contribution in [2.24, 2.45) is 11.0 Å². The number of benzene rings is 2. The first-order valence-corrected chi connectivity index (χ1v) is 11.9. The highest BCUT2D eigenvalue weighted by Crippen LogP contribution is 2.46. The minimum atomic E-state index is -0.489. The van der Waals surface area contributed by atoms with E-state index in [-0.39, 0.29) is 17.9 Å². The van der Waals surface area contributed by atoms with Gasteiger partial charge in [-0.25, -0.2) is 5.01 Å². The zero-order chi connectivity index (χ0) is 26.2. The fourth-order valence-electron chi connectivity index (χ4n) is 4.53. The lowest BCUT2D eigenvalue weighted by Crippen LogP contribution is -2.30. The van der Waals surface area contributed by atoms with Gasteiger partial charge in [-0.2, -0.15) is 5.10 Å². The van der Waals surface area contributed by atoms with Crippen molar-refractivity contribution in [1.29, 1.82) is 0 Å². The van der Waals surface area contributed by atoms with E-state index >= 15 is 0 Å². The summed E-state index contributed by atoms with van der Waals surface area (Å²) < 4.78 is 28.6. The van der Waals surface area contributed by atoms with Crippen molar-refractivity contribution in [3.8, 4) is 28.7 Å². The highest BCUT2D eigenvalue weighted by atomic mass is 16.5. The van der Waals surface area contributed by atoms with Crippen molar-refractivity contribution in [2.75, 3.05) is 28.4 Å². The van der Waals surface area contributed by atoms with Crippen LogP contribution in [0.4, 0.5) is 0 Å². The van der Waals surface area contributed by atoms with Crippen molar-refractivity contribution in [3.05, 3.63) is 47.0 Å². The molecule has 1 amide bonds. The van der Waals surface area contributed by atoms with Gasteiger partial charge in [0, 0.05) is 17.9 Å². The summed E-state index contributed by atoms with van der Waals surface area (Å²) >= 11 is 0. The summed E-state index contributed by atoms with van der Waals surface area (Å²) in [6.45, 7) is 7.74. The third-order valence-electron chi connectivity index (χ3n) is 6.41. The van der Waals surface area contributed by atoms with E-state index in [1.165, 1.54) is 0 Å². The summed E-state index contributed by atoms with van der Waals surface area (Å²) in [5.74, 6) is 2.64. The molecule has 2 aliphatic rings. The predicted octanol–water partition coefficient (Wildman–Crippen LogP) is 5.24. The Labute approximate surface area is 212 Å². The Morgan fingerprint density at radius 2 is 1.67 bits per heavy atom. The summed E-state index contributed by atoms with van der Waals surface area (Å²) in [5, 5.41) is 6.42. The molecule has 2 aliphatic heterocycles. The van der Waals surface area contributed by atoms with Gasteiger partial charge in [-0.05, 0) is 55.8 Å². The second-order valence-corrected chi connectivity index (χ2v) is 9.66. The van der Waals surface area contributed by atoms with Crippen LogP contribution >= 0.6 is 0 Å². The van der Waals surface area contributed by atoms with Crippen LogP contribution in [0.25, 0.3) is 6.08 Å². The molecule has 4 rings (SSSR count). The molecule has 2 heterocycles. The number of fused-ring (bicyclic) bond motifs is 1. The van der Waals surface area contributed by atoms with E-state index in [0.29, 0.717) is 29.4 Å². The summed E-state index contributed by atoms with van der Waals surface area (Å²) in [6, 6.07) is 7.24. The van der Waals surface area contributed by atoms with E-state index in [1.807, 2.05) is 64.1 Å². The maximum absolute atomic E-state index is 13.3. The lowest BCUT2D eigenvalue weighted by atomic mass is 9.93. The molecule has 1 atom stereocenters. The van der Waals surface area contributed by atoms with Crippen LogP contribution in [-0.4, -0.2) is 50.7 Å². The van der Waals surface area contributed by atoms with Crippen molar-refractivity contribution < 1.29 is 28.5 Å². The molecule has 192 valence electrons. The minimum Gasteiger partial charge on any atom is -0.496 e. The minimum absolute atomic E-state index is 0.0766. The second-order valence-electron chi connectivity index (χ2n) is 9.66. The van der Waals surface area contributed by atoms with Crippen LogP contribution in [0.15, 0.2) is 35.4 Å². The predicted molar refractivity (Wildman–Crippen MR) is 138 cm³/mol. The Hall–Kier alpha value is -3.68. The van der Waals surface area contributed by atoms with Gasteiger partial charge in [-0.3, -0.25) is 4.79 Å². The van der Waals surface area contributed by atoms with E-state index in [0.717, 1.165) is 28.2 Å². The second kappa shape index (κ2) is 9.76. The Bertz CT molecular complexity index is 1210. The first-order valence-electron chi connectivity index (χ1n) is 11.9. The van der Waals surface area contributed by atoms with E-state index in [9.17, 15) is 4.79 Å². The van der Waals surface area contributed by atoms with E-state index in [4.69, 9.17) is 28.8 Å². The molecule has 0 aliphatic carbocycles. The molecule has 0 aromatic heterocycles. The largest absolute Gasteiger partial charge is 0.496 e. The number of methoxy groups -OCH3 is 4. The highest BCUT2D eigenvalue weighted by Gasteiger charge is 2.37. The molecule has 2 aromatic carbocycles. The highest BCUT2D eigenvalue weighted by molar-refractivity contribution is 6.06. The first kappa shape index (κ1) is 25.4. The van der Waals surface area contributed by atoms with Crippen LogP contribution in [0.2, 0.25) is 0 Å². The number of amides is 1. The van der Waals surface area contributed by atoms with Gasteiger partial charge in [0.25, 0.3) is 0 Å². The third kappa shape index (κ3) is 4.47. The van der Waals surface area contributed by atoms with Crippen LogP contribution in [0.1, 0.15) is 56.8 Å². The van der Waals surface area contributed by atoms with Crippen molar-refractivity contribution in [1.82, 2.24) is 5.01 Å². The molecule has 0 fully saturated rings. The average molecular weight is 495 g/mol. The molecular weight excluding hydrogens is 460 g/mol. The van der Waals surface area contributed by atoms with Crippen molar-refractivity contribution in [3.63, 3.8) is 0 Å². The van der Waals surface area contributed by atoms with Crippen molar-refractivity contribution in [2.45, 2.75) is 45.8 Å². The Morgan fingerprint density at radius 1 is 1.03 bits per heavy atom. The van der Waals surface area contributed by atoms with E-state index in [2.05, 4.69) is 0 Å². The standard InChI is InChI=1S/C28H34N2O6/c1-16(2)27(31)30-21(17-13-23(33-6)26(35-8)24(14-17)34-7)15-20(29-30)18-9-10-22(32-5)19-11-12-28(3,4)36-25(18)19/h9-14,16,21H,15H2,1-8H3. The number of carbonyl (C=O) groups excluding carboxylic acids is 1. The molecule has 0 saturated heterocycles. The summed E-state index contributed by atoms with van der Waals surface area (Å²) in [7, 11) is 6.35. The maximum atomic E-state index is 13.3. The quantitative estimate of drug-likeness (QED) is 0.524. The molecule has 0 spiro atoms. The SMILES string of the molecule is COc1ccc(C2=NN(C(=O)C(C)C)C(c3cc(OC)c(OC)c(OC)c3)C2)c2c1C=CC(C)(C)O2. The van der Waals surface area contributed by atoms with Gasteiger partial charge in [0.05, 0.1) is 45.8 Å². The molecule has 8 nitrogen and oxygen atoms in total. The molecule has 8 heteroatoms. The van der Waals surface area contributed by atoms with Crippen LogP contribution in [0.3, 0.4) is 0 Å². The number of nitrogens with zero attached hydrogens (tertiary/aromatic N) is 2. The van der Waals surface area contributed by atoms with Gasteiger partial charge in [0.1, 0.15) is 17.1 Å². The van der Waals surface area contributed by atoms with Gasteiger partial charge in [0.15, 0.2) is 11.5 Å². The molecule has 0 saturated carbocycles. The molecule has 0 bridgehead atoms. The average Bonchev–Trinajstić information content (AvgIpc) is 3.30. The Balaban J connectivity index is 1.83. The zero-order valence-corrected chi connectivity index (χ0v) is 22.2. The third-order valence-corrected chi connectivity index (χ3v) is 6.41. The van der Waals surface area contributed by atoms with E-state index < -0.39 is 5.60 Å². The number of carbonyl (C=O) groups is 1. The smallest absolute Gasteiger partial charge is 0.245 e. The summed E-state index contributed by atoms with van der Waals surface area (Å²) in [4.78, 5) is 13.3. The molecule has 0 radical (unpaired) electrons. The zero-order valence-electron chi connectivity index (χ0n) is 22.2. The molecule has 36 heavy (non-hydrogen) atoms. The number of rotatable bonds is 7. The van der Waals surface area contributed by atoms with Gasteiger partial charge in [-0.1, -0.05) is 13.8 Å². The lowest BCUT2D eigenvalue weighted by Gasteiger charge is -2.30. The number of ether oxygens (including phenoxy) is 5. The Morgan fingerprint density at radius 3 is 2.22 bits per heavy atom. The maximum Gasteiger partial charge on any atom is 0.245 e. The van der Waals surface area contributed by atoms with Crippen LogP contribution in [0.5, 0.6) is 28.7 Å². The van der Waals surface area contributed by atoms with Crippen LogP contribution < -0.4 is 23.7 Å². The van der Waals surface area contributed by atoms with Gasteiger partial charge in [-0.15, -0.1) is 0 Å². The molecule has 1 unspecified atom stereocenters. The lowest BCUT2D eigenvalue weighted by molar-refractivity contribution is -0.136. The molecular formula is C28H34N2O6. The monoisotopic (exact) mass is 494 g/mol. The van der Waals surface area contributed by atoms with Gasteiger partial charge in [0.2, 0.25) is 11.7 Å². The normalized spacial score (nSPS) is 17.9. The number of hydrogen-bond donors (Lipinski definition) is 0. The van der Waals surface area contributed by atoms with Crippen LogP contribution in [0, 0.1) is 5.92 Å². The van der Waals surface area contributed by atoms with Gasteiger partial charge >= 0.3 is 0 Å². The first-order chi connectivity index (χ1) is 17.1. The van der Waals surface area contributed by atoms with Gasteiger partial charge < -0.3 is 23.7 Å². The molecule has 0 N–H and O–H groups in total. The number of hydrazone groups is 1. The Kier molecular flexibility index (Phi) is 6.89. The topological polar surface area (TPSA) is 78.8 Å². The number of hydrogen-bond acceptors (Lipinski definition) is 7.